The van der Waals surface area contributed by atoms with Crippen LogP contribution in [0.25, 0.3) is 0 Å². The van der Waals surface area contributed by atoms with Gasteiger partial charge in [-0.3, -0.25) is 29.3 Å². The van der Waals surface area contributed by atoms with Gasteiger partial charge in [0.05, 0.1) is 38.6 Å². The number of thioether (sulfide) groups is 1. The molecule has 0 radical (unpaired) electrons. The Morgan fingerprint density at radius 1 is 0.810 bits per heavy atom. The van der Waals surface area contributed by atoms with Gasteiger partial charge in [-0.15, -0.1) is 0 Å². The molecule has 3 atom stereocenters. The second-order valence-corrected chi connectivity index (χ2v) is 11.1. The summed E-state index contributed by atoms with van der Waals surface area (Å²) in [5.74, 6) is -3.09. The van der Waals surface area contributed by atoms with Crippen molar-refractivity contribution in [2.24, 2.45) is 17.4 Å². The van der Waals surface area contributed by atoms with Gasteiger partial charge in [-0.1, -0.05) is 45.4 Å². The molecule has 0 fully saturated rings. The third-order valence-corrected chi connectivity index (χ3v) is 7.21. The number of carboxylic acid groups (broad SMARTS) is 1. The van der Waals surface area contributed by atoms with Gasteiger partial charge in [-0.25, -0.2) is 0 Å². The Bertz CT molecular complexity index is 791. The van der Waals surface area contributed by atoms with Gasteiger partial charge in [-0.2, -0.15) is 11.8 Å². The molecule has 0 bridgehead atoms. The van der Waals surface area contributed by atoms with E-state index in [-0.39, 0.29) is 51.6 Å². The number of hydrogen-bond acceptors (Lipinski definition) is 10. The van der Waals surface area contributed by atoms with Gasteiger partial charge in [0.1, 0.15) is 12.3 Å². The molecule has 42 heavy (non-hydrogen) atoms. The smallest absolute Gasteiger partial charge is 0.303 e. The molecule has 0 aliphatic carbocycles. The largest absolute Gasteiger partial charge is 0.481 e. The number of ether oxygens (including phenoxy) is 2. The first kappa shape index (κ1) is 39.5. The fraction of sp³-hybridized carbons (Fsp3) is 0.815. The number of primary amides is 2. The van der Waals surface area contributed by atoms with Crippen LogP contribution in [-0.4, -0.2) is 103 Å². The Kier molecular flexibility index (Phi) is 24.7. The molecule has 0 heterocycles. The normalized spacial score (nSPS) is 13.2. The maximum absolute atomic E-state index is 12.4. The number of unbranched alkanes of at least 4 members (excludes halogenated alkanes) is 7. The van der Waals surface area contributed by atoms with Gasteiger partial charge < -0.3 is 41.8 Å². The van der Waals surface area contributed by atoms with Crippen molar-refractivity contribution >= 4 is 41.4 Å². The molecule has 244 valence electrons. The van der Waals surface area contributed by atoms with Gasteiger partial charge in [-0.05, 0) is 19.4 Å². The van der Waals surface area contributed by atoms with Crippen LogP contribution in [0.15, 0.2) is 0 Å². The number of carboxylic acids is 1. The summed E-state index contributed by atoms with van der Waals surface area (Å²) in [5, 5.41) is 26.6. The summed E-state index contributed by atoms with van der Waals surface area (Å²) >= 11 is 1.20. The van der Waals surface area contributed by atoms with Crippen LogP contribution in [0, 0.1) is 5.92 Å². The van der Waals surface area contributed by atoms with Crippen LogP contribution in [0.3, 0.4) is 0 Å². The molecule has 14 nitrogen and oxygen atoms in total. The standard InChI is InChI=1S/C27H51N5O9S/c1-20(18-42-19-23(29)34)26(38)32-21(16-22(28)33)27(39)31-12-13-40-14-15-41-17-24(35)30-11-9-7-5-3-2-4-6-8-10-25(36)37/h20-21,24,30,35H,2-19H2,1H3,(H2,28,33)(H2,29,34)(H,31,39)(H,32,38)(H,36,37)/t20-,21+,24?/m0/s1. The number of aliphatic hydroxyl groups excluding tert-OH is 1. The maximum Gasteiger partial charge on any atom is 0.303 e. The predicted molar refractivity (Wildman–Crippen MR) is 159 cm³/mol. The van der Waals surface area contributed by atoms with Crippen molar-refractivity contribution in [1.29, 1.82) is 0 Å². The van der Waals surface area contributed by atoms with E-state index in [1.165, 1.54) is 11.8 Å². The molecule has 0 saturated carbocycles. The lowest BCUT2D eigenvalue weighted by Crippen LogP contribution is -2.50. The molecule has 0 aromatic rings. The van der Waals surface area contributed by atoms with Crippen molar-refractivity contribution in [3.63, 3.8) is 0 Å². The molecule has 0 aliphatic rings. The quantitative estimate of drug-likeness (QED) is 0.0429. The first-order chi connectivity index (χ1) is 20.0. The number of carbonyl (C=O) groups is 5. The van der Waals surface area contributed by atoms with E-state index in [2.05, 4.69) is 16.0 Å². The highest BCUT2D eigenvalue weighted by molar-refractivity contribution is 7.99. The lowest BCUT2D eigenvalue weighted by molar-refractivity contribution is -0.137. The van der Waals surface area contributed by atoms with Crippen molar-refractivity contribution in [3.8, 4) is 0 Å². The number of rotatable bonds is 29. The number of carbonyl (C=O) groups excluding carboxylic acids is 4. The van der Waals surface area contributed by atoms with Crippen LogP contribution < -0.4 is 27.4 Å². The summed E-state index contributed by atoms with van der Waals surface area (Å²) < 4.78 is 10.8. The van der Waals surface area contributed by atoms with Gasteiger partial charge >= 0.3 is 5.97 Å². The molecular formula is C27H51N5O9S. The summed E-state index contributed by atoms with van der Waals surface area (Å²) in [7, 11) is 0. The number of nitrogens with two attached hydrogens (primary N) is 2. The minimum Gasteiger partial charge on any atom is -0.481 e. The second kappa shape index (κ2) is 26.2. The van der Waals surface area contributed by atoms with E-state index in [0.29, 0.717) is 12.3 Å². The second-order valence-electron chi connectivity index (χ2n) is 10.0. The summed E-state index contributed by atoms with van der Waals surface area (Å²) in [6, 6.07) is -1.13. The maximum atomic E-state index is 12.4. The summed E-state index contributed by atoms with van der Waals surface area (Å²) in [6.07, 6.45) is 7.26. The van der Waals surface area contributed by atoms with E-state index in [4.69, 9.17) is 26.0 Å². The van der Waals surface area contributed by atoms with Gasteiger partial charge in [0.2, 0.25) is 23.6 Å². The molecule has 15 heteroatoms. The molecule has 4 amide bonds. The molecule has 0 rings (SSSR count). The van der Waals surface area contributed by atoms with E-state index >= 15 is 0 Å². The molecule has 0 spiro atoms. The van der Waals surface area contributed by atoms with E-state index in [0.717, 1.165) is 51.4 Å². The summed E-state index contributed by atoms with van der Waals surface area (Å²) in [6.45, 7) is 3.26. The van der Waals surface area contributed by atoms with Crippen LogP contribution in [-0.2, 0) is 33.4 Å². The van der Waals surface area contributed by atoms with Crippen molar-refractivity contribution in [3.05, 3.63) is 0 Å². The zero-order valence-electron chi connectivity index (χ0n) is 24.8. The van der Waals surface area contributed by atoms with Gasteiger partial charge in [0, 0.05) is 24.6 Å². The van der Waals surface area contributed by atoms with Crippen LogP contribution in [0.5, 0.6) is 0 Å². The Morgan fingerprint density at radius 3 is 2.05 bits per heavy atom. The lowest BCUT2D eigenvalue weighted by atomic mass is 10.1. The van der Waals surface area contributed by atoms with E-state index in [1.807, 2.05) is 0 Å². The SMILES string of the molecule is C[C@@H](CSCC(N)=O)C(=O)N[C@H](CC(N)=O)C(=O)NCCOCCOCC(O)NCCCCCCCCCCC(=O)O. The third kappa shape index (κ3) is 25.3. The summed E-state index contributed by atoms with van der Waals surface area (Å²) in [5.41, 5.74) is 10.3. The highest BCUT2D eigenvalue weighted by Gasteiger charge is 2.25. The van der Waals surface area contributed by atoms with Crippen molar-refractivity contribution < 1.29 is 43.7 Å². The minimum atomic E-state index is -1.13. The molecule has 1 unspecified atom stereocenters. The van der Waals surface area contributed by atoms with Gasteiger partial charge in [0.15, 0.2) is 0 Å². The van der Waals surface area contributed by atoms with E-state index < -0.39 is 47.8 Å². The van der Waals surface area contributed by atoms with E-state index in [1.54, 1.807) is 6.92 Å². The Hall–Kier alpha value is -2.46. The highest BCUT2D eigenvalue weighted by Crippen LogP contribution is 2.10. The zero-order valence-corrected chi connectivity index (χ0v) is 25.6. The molecule has 0 aromatic heterocycles. The zero-order chi connectivity index (χ0) is 31.6. The average Bonchev–Trinajstić information content (AvgIpc) is 2.91. The number of nitrogens with one attached hydrogen (secondary N) is 3. The molecule has 0 aromatic carbocycles. The fourth-order valence-electron chi connectivity index (χ4n) is 3.71. The fourth-order valence-corrected chi connectivity index (χ4v) is 4.53. The van der Waals surface area contributed by atoms with Crippen molar-refractivity contribution in [1.82, 2.24) is 16.0 Å². The van der Waals surface area contributed by atoms with Crippen LogP contribution >= 0.6 is 11.8 Å². The minimum absolute atomic E-state index is 0.0773. The summed E-state index contributed by atoms with van der Waals surface area (Å²) in [4.78, 5) is 57.4. The molecule has 0 saturated heterocycles. The predicted octanol–water partition coefficient (Wildman–Crippen LogP) is -0.146. The Balaban J connectivity index is 3.84. The number of hydrogen-bond donors (Lipinski definition) is 7. The number of aliphatic hydroxyl groups is 1. The highest BCUT2D eigenvalue weighted by atomic mass is 32.2. The van der Waals surface area contributed by atoms with Crippen LogP contribution in [0.2, 0.25) is 0 Å². The Labute approximate surface area is 252 Å². The lowest BCUT2D eigenvalue weighted by Gasteiger charge is -2.19. The number of aliphatic carboxylic acids is 1. The van der Waals surface area contributed by atoms with Crippen LogP contribution in [0.4, 0.5) is 0 Å². The Morgan fingerprint density at radius 2 is 1.43 bits per heavy atom. The van der Waals surface area contributed by atoms with Gasteiger partial charge in [0.25, 0.3) is 0 Å². The molecule has 9 N–H and O–H groups in total. The van der Waals surface area contributed by atoms with Crippen LogP contribution in [0.1, 0.15) is 71.1 Å². The van der Waals surface area contributed by atoms with E-state index in [9.17, 15) is 29.1 Å². The third-order valence-electron chi connectivity index (χ3n) is 5.99. The average molecular weight is 622 g/mol. The van der Waals surface area contributed by atoms with Crippen molar-refractivity contribution in [2.45, 2.75) is 83.4 Å². The first-order valence-corrected chi connectivity index (χ1v) is 15.7. The van der Waals surface area contributed by atoms with Crippen molar-refractivity contribution in [2.75, 3.05) is 51.0 Å². The first-order valence-electron chi connectivity index (χ1n) is 14.5. The topological polar surface area (TPSA) is 232 Å². The molecular weight excluding hydrogens is 570 g/mol. The molecule has 0 aliphatic heterocycles. The number of amides is 4. The monoisotopic (exact) mass is 621 g/mol.